The third kappa shape index (κ3) is 3.68. The van der Waals surface area contributed by atoms with Gasteiger partial charge >= 0.3 is 0 Å². The van der Waals surface area contributed by atoms with Crippen molar-refractivity contribution in [3.05, 3.63) is 101 Å². The van der Waals surface area contributed by atoms with Gasteiger partial charge in [-0.15, -0.1) is 0 Å². The first-order valence-electron chi connectivity index (χ1n) is 8.77. The summed E-state index contributed by atoms with van der Waals surface area (Å²) in [6.45, 7) is 0. The van der Waals surface area contributed by atoms with Gasteiger partial charge in [-0.2, -0.15) is 0 Å². The zero-order valence-electron chi connectivity index (χ0n) is 14.8. The van der Waals surface area contributed by atoms with E-state index in [9.17, 15) is 9.59 Å². The molecule has 1 N–H and O–H groups in total. The first-order valence-corrected chi connectivity index (χ1v) is 9.15. The van der Waals surface area contributed by atoms with Gasteiger partial charge in [0, 0.05) is 16.0 Å². The number of anilines is 1. The number of carbonyl (C=O) groups excluding carboxylic acids is 2. The molecule has 0 fully saturated rings. The highest BCUT2D eigenvalue weighted by Gasteiger charge is 2.23. The van der Waals surface area contributed by atoms with Gasteiger partial charge in [-0.3, -0.25) is 9.59 Å². The fourth-order valence-electron chi connectivity index (χ4n) is 3.03. The van der Waals surface area contributed by atoms with Gasteiger partial charge in [0.2, 0.25) is 11.7 Å². The summed E-state index contributed by atoms with van der Waals surface area (Å²) in [4.78, 5) is 25.6. The number of para-hydroxylation sites is 1. The number of carbonyl (C=O) groups is 2. The molecule has 4 aromatic rings. The maximum atomic E-state index is 13.0. The molecule has 0 spiro atoms. The molecule has 1 amide bonds. The molecule has 0 radical (unpaired) electrons. The van der Waals surface area contributed by atoms with Crippen LogP contribution in [0.3, 0.4) is 0 Å². The Balaban J connectivity index is 1.70. The molecule has 0 aliphatic rings. The van der Waals surface area contributed by atoms with Gasteiger partial charge in [0.15, 0.2) is 5.76 Å². The van der Waals surface area contributed by atoms with Crippen molar-refractivity contribution in [2.45, 2.75) is 6.42 Å². The number of hydrogen-bond acceptors (Lipinski definition) is 3. The van der Waals surface area contributed by atoms with E-state index in [2.05, 4.69) is 5.32 Å². The van der Waals surface area contributed by atoms with Crippen LogP contribution in [0, 0.1) is 0 Å². The summed E-state index contributed by atoms with van der Waals surface area (Å²) in [7, 11) is 0. The maximum absolute atomic E-state index is 13.0. The van der Waals surface area contributed by atoms with Crippen LogP contribution in [-0.2, 0) is 11.2 Å². The van der Waals surface area contributed by atoms with Crippen LogP contribution in [0.15, 0.2) is 83.3 Å². The minimum Gasteiger partial charge on any atom is -0.450 e. The van der Waals surface area contributed by atoms with Gasteiger partial charge in [-0.1, -0.05) is 54.1 Å². The Labute approximate surface area is 166 Å². The van der Waals surface area contributed by atoms with Crippen LogP contribution in [0.4, 0.5) is 5.69 Å². The van der Waals surface area contributed by atoms with E-state index in [-0.39, 0.29) is 23.9 Å². The Hall–Kier alpha value is -3.37. The third-order valence-corrected chi connectivity index (χ3v) is 4.63. The fourth-order valence-corrected chi connectivity index (χ4v) is 3.15. The predicted molar refractivity (Wildman–Crippen MR) is 110 cm³/mol. The average Bonchev–Trinajstić information content (AvgIpc) is 3.07. The SMILES string of the molecule is O=C(Cc1ccccc1)Nc1c(C(=O)c2ccc(Cl)cc2)oc2ccccc12. The number of nitrogens with one attached hydrogen (secondary N) is 1. The molecular formula is C23H16ClNO3. The zero-order valence-corrected chi connectivity index (χ0v) is 15.6. The maximum Gasteiger partial charge on any atom is 0.230 e. The monoisotopic (exact) mass is 389 g/mol. The lowest BCUT2D eigenvalue weighted by atomic mass is 10.1. The molecular weight excluding hydrogens is 374 g/mol. The second kappa shape index (κ2) is 7.71. The number of amides is 1. The van der Waals surface area contributed by atoms with Crippen molar-refractivity contribution >= 4 is 39.9 Å². The molecule has 1 heterocycles. The number of hydrogen-bond donors (Lipinski definition) is 1. The normalized spacial score (nSPS) is 10.8. The molecule has 5 heteroatoms. The van der Waals surface area contributed by atoms with Crippen LogP contribution < -0.4 is 5.32 Å². The van der Waals surface area contributed by atoms with Crippen molar-refractivity contribution in [3.8, 4) is 0 Å². The number of halogens is 1. The van der Waals surface area contributed by atoms with Crippen LogP contribution in [0.1, 0.15) is 21.7 Å². The Morgan fingerprint density at radius 3 is 2.29 bits per heavy atom. The van der Waals surface area contributed by atoms with E-state index in [1.54, 1.807) is 30.3 Å². The predicted octanol–water partition coefficient (Wildman–Crippen LogP) is 5.50. The quantitative estimate of drug-likeness (QED) is 0.458. The van der Waals surface area contributed by atoms with Crippen LogP contribution in [0.2, 0.25) is 5.02 Å². The first-order chi connectivity index (χ1) is 13.6. The molecule has 0 aliphatic carbocycles. The molecule has 28 heavy (non-hydrogen) atoms. The highest BCUT2D eigenvalue weighted by molar-refractivity contribution is 6.30. The molecule has 0 bridgehead atoms. The zero-order chi connectivity index (χ0) is 19.5. The van der Waals surface area contributed by atoms with Gasteiger partial charge in [0.1, 0.15) is 5.58 Å². The van der Waals surface area contributed by atoms with Gasteiger partial charge in [0.05, 0.1) is 12.1 Å². The lowest BCUT2D eigenvalue weighted by molar-refractivity contribution is -0.115. The highest BCUT2D eigenvalue weighted by Crippen LogP contribution is 2.32. The van der Waals surface area contributed by atoms with E-state index >= 15 is 0 Å². The third-order valence-electron chi connectivity index (χ3n) is 4.38. The summed E-state index contributed by atoms with van der Waals surface area (Å²) >= 11 is 5.91. The van der Waals surface area contributed by atoms with Crippen molar-refractivity contribution in [2.75, 3.05) is 5.32 Å². The van der Waals surface area contributed by atoms with Crippen molar-refractivity contribution in [1.29, 1.82) is 0 Å². The number of rotatable bonds is 5. The summed E-state index contributed by atoms with van der Waals surface area (Å²) < 4.78 is 5.80. The Morgan fingerprint density at radius 2 is 1.54 bits per heavy atom. The Bertz CT molecular complexity index is 1150. The Kier molecular flexibility index (Phi) is 4.96. The number of benzene rings is 3. The molecule has 0 aliphatic heterocycles. The molecule has 4 nitrogen and oxygen atoms in total. The van der Waals surface area contributed by atoms with E-state index < -0.39 is 0 Å². The van der Waals surface area contributed by atoms with E-state index in [1.807, 2.05) is 48.5 Å². The van der Waals surface area contributed by atoms with Crippen LogP contribution in [0.5, 0.6) is 0 Å². The highest BCUT2D eigenvalue weighted by atomic mass is 35.5. The second-order valence-corrected chi connectivity index (χ2v) is 6.79. The topological polar surface area (TPSA) is 59.3 Å². The molecule has 0 saturated heterocycles. The van der Waals surface area contributed by atoms with Crippen molar-refractivity contribution < 1.29 is 14.0 Å². The summed E-state index contributed by atoms with van der Waals surface area (Å²) in [6, 6.07) is 23.2. The number of fused-ring (bicyclic) bond motifs is 1. The molecule has 0 atom stereocenters. The number of ketones is 1. The minimum atomic E-state index is -0.317. The van der Waals surface area contributed by atoms with E-state index in [0.717, 1.165) is 5.56 Å². The van der Waals surface area contributed by atoms with Gasteiger partial charge in [-0.25, -0.2) is 0 Å². The lowest BCUT2D eigenvalue weighted by Crippen LogP contribution is -2.16. The first kappa shape index (κ1) is 18.0. The van der Waals surface area contributed by atoms with Crippen LogP contribution in [0.25, 0.3) is 11.0 Å². The minimum absolute atomic E-state index is 0.102. The lowest BCUT2D eigenvalue weighted by Gasteiger charge is -2.06. The molecule has 0 saturated carbocycles. The number of furan rings is 1. The van der Waals surface area contributed by atoms with Crippen molar-refractivity contribution in [1.82, 2.24) is 0 Å². The largest absolute Gasteiger partial charge is 0.450 e. The molecule has 1 aromatic heterocycles. The molecule has 0 unspecified atom stereocenters. The average molecular weight is 390 g/mol. The Morgan fingerprint density at radius 1 is 0.857 bits per heavy atom. The van der Waals surface area contributed by atoms with Crippen molar-refractivity contribution in [2.24, 2.45) is 0 Å². The summed E-state index contributed by atoms with van der Waals surface area (Å²) in [6.07, 6.45) is 0.203. The van der Waals surface area contributed by atoms with Crippen LogP contribution >= 0.6 is 11.6 Å². The van der Waals surface area contributed by atoms with Gasteiger partial charge in [-0.05, 0) is 42.0 Å². The van der Waals surface area contributed by atoms with Gasteiger partial charge in [0.25, 0.3) is 0 Å². The van der Waals surface area contributed by atoms with Crippen LogP contribution in [-0.4, -0.2) is 11.7 Å². The molecule has 4 rings (SSSR count). The molecule has 138 valence electrons. The standard InChI is InChI=1S/C23H16ClNO3/c24-17-12-10-16(11-13-17)22(27)23-21(18-8-4-5-9-19(18)28-23)25-20(26)14-15-6-2-1-3-7-15/h1-13H,14H2,(H,25,26). The summed E-state index contributed by atoms with van der Waals surface area (Å²) in [5, 5.41) is 4.09. The second-order valence-electron chi connectivity index (χ2n) is 6.35. The smallest absolute Gasteiger partial charge is 0.230 e. The van der Waals surface area contributed by atoms with E-state index in [1.165, 1.54) is 0 Å². The van der Waals surface area contributed by atoms with E-state index in [4.69, 9.17) is 16.0 Å². The fraction of sp³-hybridized carbons (Fsp3) is 0.0435. The van der Waals surface area contributed by atoms with Gasteiger partial charge < -0.3 is 9.73 Å². The van der Waals surface area contributed by atoms with Crippen molar-refractivity contribution in [3.63, 3.8) is 0 Å². The summed E-state index contributed by atoms with van der Waals surface area (Å²) in [5.41, 5.74) is 2.24. The van der Waals surface area contributed by atoms with E-state index in [0.29, 0.717) is 27.2 Å². The molecule has 3 aromatic carbocycles. The summed E-state index contributed by atoms with van der Waals surface area (Å²) in [5.74, 6) is -0.435.